The van der Waals surface area contributed by atoms with Crippen molar-refractivity contribution in [1.29, 1.82) is 0 Å². The van der Waals surface area contributed by atoms with Crippen LogP contribution >= 0.6 is 34.7 Å². The minimum absolute atomic E-state index is 0.0621. The van der Waals surface area contributed by atoms with Gasteiger partial charge in [-0.05, 0) is 51.1 Å². The molecule has 0 bridgehead atoms. The SMILES string of the molecule is Cc1cc(C(=O)C(C)Sc2nnc(N)s2)c(C)n1-c1ccc(Cl)cc1. The number of carbonyl (C=O) groups excluding carboxylic acids is 1. The van der Waals surface area contributed by atoms with Crippen LogP contribution in [0.2, 0.25) is 5.02 Å². The fraction of sp³-hybridized carbons (Fsp3) is 0.235. The van der Waals surface area contributed by atoms with Gasteiger partial charge < -0.3 is 10.3 Å². The zero-order valence-electron chi connectivity index (χ0n) is 14.0. The number of ketones is 1. The second kappa shape index (κ2) is 7.19. The van der Waals surface area contributed by atoms with E-state index >= 15 is 0 Å². The van der Waals surface area contributed by atoms with Crippen LogP contribution in [0.5, 0.6) is 0 Å². The van der Waals surface area contributed by atoms with Crippen molar-refractivity contribution in [2.75, 3.05) is 5.73 Å². The van der Waals surface area contributed by atoms with Crippen LogP contribution in [0.4, 0.5) is 5.13 Å². The molecule has 2 N–H and O–H groups in total. The number of nitrogens with zero attached hydrogens (tertiary/aromatic N) is 3. The molecule has 0 aliphatic heterocycles. The molecule has 0 spiro atoms. The van der Waals surface area contributed by atoms with Gasteiger partial charge in [-0.3, -0.25) is 4.79 Å². The number of aromatic nitrogens is 3. The van der Waals surface area contributed by atoms with E-state index in [4.69, 9.17) is 17.3 Å². The highest BCUT2D eigenvalue weighted by molar-refractivity contribution is 8.02. The quantitative estimate of drug-likeness (QED) is 0.509. The smallest absolute Gasteiger partial charge is 0.203 e. The van der Waals surface area contributed by atoms with E-state index < -0.39 is 0 Å². The molecule has 0 radical (unpaired) electrons. The molecular weight excluding hydrogens is 376 g/mol. The molecule has 0 aliphatic carbocycles. The van der Waals surface area contributed by atoms with Gasteiger partial charge in [0.1, 0.15) is 0 Å². The van der Waals surface area contributed by atoms with E-state index in [-0.39, 0.29) is 11.0 Å². The second-order valence-electron chi connectivity index (χ2n) is 5.63. The Morgan fingerprint density at radius 2 is 1.96 bits per heavy atom. The van der Waals surface area contributed by atoms with E-state index in [9.17, 15) is 4.79 Å². The topological polar surface area (TPSA) is 73.8 Å². The van der Waals surface area contributed by atoms with Crippen LogP contribution < -0.4 is 5.73 Å². The zero-order valence-corrected chi connectivity index (χ0v) is 16.4. The lowest BCUT2D eigenvalue weighted by Crippen LogP contribution is -2.14. The number of thioether (sulfide) groups is 1. The van der Waals surface area contributed by atoms with Crippen LogP contribution in [-0.2, 0) is 0 Å². The molecule has 1 aromatic carbocycles. The lowest BCUT2D eigenvalue weighted by Gasteiger charge is -2.11. The number of carbonyl (C=O) groups is 1. The number of hydrogen-bond donors (Lipinski definition) is 1. The Balaban J connectivity index is 1.88. The van der Waals surface area contributed by atoms with Crippen molar-refractivity contribution in [3.05, 3.63) is 52.3 Å². The highest BCUT2D eigenvalue weighted by atomic mass is 35.5. The summed E-state index contributed by atoms with van der Waals surface area (Å²) in [4.78, 5) is 12.9. The molecule has 0 saturated carbocycles. The maximum absolute atomic E-state index is 12.9. The van der Waals surface area contributed by atoms with Gasteiger partial charge in [0.15, 0.2) is 10.1 Å². The zero-order chi connectivity index (χ0) is 18.1. The predicted octanol–water partition coefficient (Wildman–Crippen LogP) is 4.54. The van der Waals surface area contributed by atoms with Crippen molar-refractivity contribution in [3.63, 3.8) is 0 Å². The largest absolute Gasteiger partial charge is 0.374 e. The third-order valence-electron chi connectivity index (χ3n) is 3.85. The third kappa shape index (κ3) is 3.73. The monoisotopic (exact) mass is 392 g/mol. The Kier molecular flexibility index (Phi) is 5.17. The van der Waals surface area contributed by atoms with Gasteiger partial charge in [-0.1, -0.05) is 34.7 Å². The van der Waals surface area contributed by atoms with Crippen molar-refractivity contribution >= 4 is 45.6 Å². The molecule has 25 heavy (non-hydrogen) atoms. The van der Waals surface area contributed by atoms with Gasteiger partial charge in [-0.25, -0.2) is 0 Å². The summed E-state index contributed by atoms with van der Waals surface area (Å²) >= 11 is 8.64. The molecule has 2 aromatic heterocycles. The molecule has 0 aliphatic rings. The number of benzene rings is 1. The Morgan fingerprint density at radius 1 is 1.28 bits per heavy atom. The first-order chi connectivity index (χ1) is 11.9. The van der Waals surface area contributed by atoms with E-state index in [1.54, 1.807) is 0 Å². The number of aryl methyl sites for hydroxylation is 1. The highest BCUT2D eigenvalue weighted by Gasteiger charge is 2.23. The van der Waals surface area contributed by atoms with Crippen LogP contribution in [0.25, 0.3) is 5.69 Å². The van der Waals surface area contributed by atoms with Gasteiger partial charge >= 0.3 is 0 Å². The van der Waals surface area contributed by atoms with Gasteiger partial charge in [0.25, 0.3) is 0 Å². The molecular formula is C17H17ClN4OS2. The number of Topliss-reactive ketones (excluding diaryl/α,β-unsaturated/α-hetero) is 1. The Labute approximate surface area is 159 Å². The van der Waals surface area contributed by atoms with E-state index in [0.29, 0.717) is 20.1 Å². The van der Waals surface area contributed by atoms with Crippen LogP contribution in [0, 0.1) is 13.8 Å². The molecule has 1 unspecified atom stereocenters. The summed E-state index contributed by atoms with van der Waals surface area (Å²) in [7, 11) is 0. The summed E-state index contributed by atoms with van der Waals surface area (Å²) in [5, 5.41) is 8.57. The molecule has 1 atom stereocenters. The number of hydrogen-bond acceptors (Lipinski definition) is 6. The molecule has 2 heterocycles. The van der Waals surface area contributed by atoms with Crippen LogP contribution in [0.3, 0.4) is 0 Å². The molecule has 3 aromatic rings. The lowest BCUT2D eigenvalue weighted by molar-refractivity contribution is 0.0993. The summed E-state index contributed by atoms with van der Waals surface area (Å²) in [5.74, 6) is 0.0621. The van der Waals surface area contributed by atoms with Gasteiger partial charge in [0.05, 0.1) is 5.25 Å². The van der Waals surface area contributed by atoms with Crippen molar-refractivity contribution in [2.45, 2.75) is 30.4 Å². The Hall–Kier alpha value is -1.83. The van der Waals surface area contributed by atoms with E-state index in [1.165, 1.54) is 23.1 Å². The summed E-state index contributed by atoms with van der Waals surface area (Å²) in [6, 6.07) is 9.50. The average molecular weight is 393 g/mol. The van der Waals surface area contributed by atoms with Gasteiger partial charge in [-0.15, -0.1) is 10.2 Å². The summed E-state index contributed by atoms with van der Waals surface area (Å²) in [6.07, 6.45) is 0. The fourth-order valence-electron chi connectivity index (χ4n) is 2.69. The van der Waals surface area contributed by atoms with E-state index in [1.807, 2.05) is 51.1 Å². The van der Waals surface area contributed by atoms with Crippen molar-refractivity contribution in [3.8, 4) is 5.69 Å². The third-order valence-corrected chi connectivity index (χ3v) is 6.04. The van der Waals surface area contributed by atoms with Crippen LogP contribution in [0.15, 0.2) is 34.7 Å². The first-order valence-electron chi connectivity index (χ1n) is 7.61. The lowest BCUT2D eigenvalue weighted by atomic mass is 10.1. The standard InChI is InChI=1S/C17H17ClN4OS2/c1-9-8-14(10(2)22(9)13-6-4-12(18)5-7-13)15(23)11(3)24-17-21-20-16(19)25-17/h4-8,11H,1-3H3,(H2,19,20). The number of rotatable bonds is 5. The summed E-state index contributed by atoms with van der Waals surface area (Å²) in [6.45, 7) is 5.82. The van der Waals surface area contributed by atoms with E-state index in [0.717, 1.165) is 17.1 Å². The van der Waals surface area contributed by atoms with Crippen molar-refractivity contribution in [1.82, 2.24) is 14.8 Å². The molecule has 8 heteroatoms. The second-order valence-corrected chi connectivity index (χ2v) is 8.66. The van der Waals surface area contributed by atoms with Crippen LogP contribution in [0.1, 0.15) is 28.7 Å². The molecule has 5 nitrogen and oxygen atoms in total. The van der Waals surface area contributed by atoms with Gasteiger partial charge in [-0.2, -0.15) is 0 Å². The minimum atomic E-state index is -0.272. The summed E-state index contributed by atoms with van der Waals surface area (Å²) < 4.78 is 2.76. The minimum Gasteiger partial charge on any atom is -0.374 e. The number of nitrogen functional groups attached to an aromatic ring is 1. The number of nitrogens with two attached hydrogens (primary N) is 1. The maximum Gasteiger partial charge on any atom is 0.203 e. The number of anilines is 1. The van der Waals surface area contributed by atoms with E-state index in [2.05, 4.69) is 14.8 Å². The maximum atomic E-state index is 12.9. The highest BCUT2D eigenvalue weighted by Crippen LogP contribution is 2.31. The van der Waals surface area contributed by atoms with Crippen molar-refractivity contribution < 1.29 is 4.79 Å². The molecule has 0 amide bonds. The Morgan fingerprint density at radius 3 is 2.56 bits per heavy atom. The molecule has 130 valence electrons. The van der Waals surface area contributed by atoms with Crippen molar-refractivity contribution in [2.24, 2.45) is 0 Å². The van der Waals surface area contributed by atoms with Gasteiger partial charge in [0, 0.05) is 27.7 Å². The Bertz CT molecular complexity index is 917. The predicted molar refractivity (Wildman–Crippen MR) is 104 cm³/mol. The molecule has 3 rings (SSSR count). The van der Waals surface area contributed by atoms with Crippen LogP contribution in [-0.4, -0.2) is 25.8 Å². The average Bonchev–Trinajstić information content (AvgIpc) is 3.11. The fourth-order valence-corrected chi connectivity index (χ4v) is 4.67. The normalized spacial score (nSPS) is 12.3. The first kappa shape index (κ1) is 18.0. The van der Waals surface area contributed by atoms with Gasteiger partial charge in [0.2, 0.25) is 5.13 Å². The summed E-state index contributed by atoms with van der Waals surface area (Å²) in [5.41, 5.74) is 9.20. The molecule has 0 fully saturated rings. The first-order valence-corrected chi connectivity index (χ1v) is 9.69. The number of halogens is 1. The molecule has 0 saturated heterocycles.